The van der Waals surface area contributed by atoms with Gasteiger partial charge in [-0.25, -0.2) is 0 Å². The summed E-state index contributed by atoms with van der Waals surface area (Å²) in [5, 5.41) is 0. The van der Waals surface area contributed by atoms with Crippen LogP contribution in [0.2, 0.25) is 0 Å². The molecule has 2 N–H and O–H groups in total. The molecule has 1 aliphatic heterocycles. The maximum Gasteiger partial charge on any atom is 0.249 e. The van der Waals surface area contributed by atoms with Crippen molar-refractivity contribution in [2.75, 3.05) is 11.4 Å². The van der Waals surface area contributed by atoms with Crippen LogP contribution in [0.1, 0.15) is 23.2 Å². The third kappa shape index (κ3) is 1.95. The minimum absolute atomic E-state index is 0.0951. The fourth-order valence-electron chi connectivity index (χ4n) is 1.79. The fraction of sp³-hybridized carbons (Fsp3) is 0.273. The molecule has 4 nitrogen and oxygen atoms in total. The molecule has 84 valence electrons. The highest BCUT2D eigenvalue weighted by Gasteiger charge is 2.22. The molecule has 0 spiro atoms. The molecule has 1 saturated heterocycles. The van der Waals surface area contributed by atoms with Gasteiger partial charge in [0.1, 0.15) is 0 Å². The summed E-state index contributed by atoms with van der Waals surface area (Å²) in [6.07, 6.45) is 1.43. The van der Waals surface area contributed by atoms with Crippen molar-refractivity contribution < 1.29 is 9.59 Å². The number of carbonyl (C=O) groups excluding carboxylic acids is 2. The molecule has 1 aliphatic rings. The number of anilines is 1. The Hall–Kier alpha value is -1.36. The van der Waals surface area contributed by atoms with E-state index in [1.54, 1.807) is 23.1 Å². The number of halogens is 1. The average molecular weight is 283 g/mol. The highest BCUT2D eigenvalue weighted by molar-refractivity contribution is 9.10. The van der Waals surface area contributed by atoms with Crippen molar-refractivity contribution in [3.8, 4) is 0 Å². The van der Waals surface area contributed by atoms with Gasteiger partial charge in [0.2, 0.25) is 11.8 Å². The van der Waals surface area contributed by atoms with Crippen molar-refractivity contribution in [3.63, 3.8) is 0 Å². The molecule has 2 rings (SSSR count). The summed E-state index contributed by atoms with van der Waals surface area (Å²) in [5.74, 6) is -0.405. The molecule has 0 aromatic heterocycles. The molecule has 1 fully saturated rings. The molecule has 0 saturated carbocycles. The Morgan fingerprint density at radius 3 is 2.75 bits per heavy atom. The van der Waals surface area contributed by atoms with Crippen LogP contribution in [0.3, 0.4) is 0 Å². The van der Waals surface area contributed by atoms with E-state index in [-0.39, 0.29) is 5.91 Å². The lowest BCUT2D eigenvalue weighted by Gasteiger charge is -2.16. The van der Waals surface area contributed by atoms with Crippen molar-refractivity contribution in [3.05, 3.63) is 28.2 Å². The summed E-state index contributed by atoms with van der Waals surface area (Å²) >= 11 is 3.25. The third-order valence-electron chi connectivity index (χ3n) is 2.60. The van der Waals surface area contributed by atoms with Crippen molar-refractivity contribution >= 4 is 33.4 Å². The Kier molecular flexibility index (Phi) is 2.96. The molecule has 0 unspecified atom stereocenters. The van der Waals surface area contributed by atoms with Crippen LogP contribution in [0.25, 0.3) is 0 Å². The Morgan fingerprint density at radius 2 is 2.19 bits per heavy atom. The van der Waals surface area contributed by atoms with Crippen molar-refractivity contribution in [2.24, 2.45) is 5.73 Å². The number of primary amides is 1. The van der Waals surface area contributed by atoms with E-state index < -0.39 is 5.91 Å². The van der Waals surface area contributed by atoms with Gasteiger partial charge in [-0.15, -0.1) is 0 Å². The minimum atomic E-state index is -0.500. The van der Waals surface area contributed by atoms with Crippen LogP contribution in [0.5, 0.6) is 0 Å². The smallest absolute Gasteiger partial charge is 0.249 e. The standard InChI is InChI=1S/C11H11BrN2O2/c12-9-4-3-7(6-8(9)11(13)16)14-5-1-2-10(14)15/h3-4,6H,1-2,5H2,(H2,13,16). The van der Waals surface area contributed by atoms with Gasteiger partial charge in [0.05, 0.1) is 5.56 Å². The zero-order valence-electron chi connectivity index (χ0n) is 8.57. The second kappa shape index (κ2) is 4.25. The summed E-state index contributed by atoms with van der Waals surface area (Å²) in [5.41, 5.74) is 6.38. The number of rotatable bonds is 2. The largest absolute Gasteiger partial charge is 0.366 e. The molecule has 1 aromatic carbocycles. The average Bonchev–Trinajstić information content (AvgIpc) is 2.65. The van der Waals surface area contributed by atoms with Crippen LogP contribution in [0.15, 0.2) is 22.7 Å². The Morgan fingerprint density at radius 1 is 1.44 bits per heavy atom. The van der Waals surface area contributed by atoms with E-state index in [2.05, 4.69) is 15.9 Å². The molecule has 0 atom stereocenters. The van der Waals surface area contributed by atoms with E-state index >= 15 is 0 Å². The zero-order chi connectivity index (χ0) is 11.7. The molecule has 2 amide bonds. The van der Waals surface area contributed by atoms with Gasteiger partial charge < -0.3 is 10.6 Å². The molecule has 16 heavy (non-hydrogen) atoms. The van der Waals surface area contributed by atoms with Crippen LogP contribution < -0.4 is 10.6 Å². The monoisotopic (exact) mass is 282 g/mol. The number of nitrogens with two attached hydrogens (primary N) is 1. The van der Waals surface area contributed by atoms with Crippen LogP contribution >= 0.6 is 15.9 Å². The molecular weight excluding hydrogens is 272 g/mol. The number of carbonyl (C=O) groups is 2. The summed E-state index contributed by atoms with van der Waals surface area (Å²) in [7, 11) is 0. The Labute approximate surface area is 102 Å². The first-order valence-electron chi connectivity index (χ1n) is 4.99. The summed E-state index contributed by atoms with van der Waals surface area (Å²) in [6.45, 7) is 0.707. The first kappa shape index (κ1) is 11.1. The molecule has 1 aromatic rings. The van der Waals surface area contributed by atoms with Gasteiger partial charge in [-0.3, -0.25) is 9.59 Å². The van der Waals surface area contributed by atoms with Gasteiger partial charge in [0, 0.05) is 23.1 Å². The summed E-state index contributed by atoms with van der Waals surface area (Å²) in [4.78, 5) is 24.4. The van der Waals surface area contributed by atoms with E-state index in [9.17, 15) is 9.59 Å². The zero-order valence-corrected chi connectivity index (χ0v) is 10.2. The lowest BCUT2D eigenvalue weighted by atomic mass is 10.2. The SMILES string of the molecule is NC(=O)c1cc(N2CCCC2=O)ccc1Br. The number of hydrogen-bond acceptors (Lipinski definition) is 2. The van der Waals surface area contributed by atoms with Crippen molar-refractivity contribution in [1.82, 2.24) is 0 Å². The number of benzene rings is 1. The highest BCUT2D eigenvalue weighted by Crippen LogP contribution is 2.26. The predicted molar refractivity (Wildman–Crippen MR) is 64.2 cm³/mol. The maximum atomic E-state index is 11.5. The lowest BCUT2D eigenvalue weighted by Crippen LogP contribution is -2.24. The minimum Gasteiger partial charge on any atom is -0.366 e. The number of nitrogens with zero attached hydrogens (tertiary/aromatic N) is 1. The predicted octanol–water partition coefficient (Wildman–Crippen LogP) is 1.67. The lowest BCUT2D eigenvalue weighted by molar-refractivity contribution is -0.117. The molecule has 5 heteroatoms. The molecule has 0 bridgehead atoms. The maximum absolute atomic E-state index is 11.5. The van der Waals surface area contributed by atoms with Crippen LogP contribution in [0, 0.1) is 0 Å². The first-order valence-corrected chi connectivity index (χ1v) is 5.78. The highest BCUT2D eigenvalue weighted by atomic mass is 79.9. The van der Waals surface area contributed by atoms with Crippen LogP contribution in [-0.4, -0.2) is 18.4 Å². The van der Waals surface area contributed by atoms with Crippen molar-refractivity contribution in [2.45, 2.75) is 12.8 Å². The normalized spacial score (nSPS) is 15.6. The van der Waals surface area contributed by atoms with Gasteiger partial charge in [-0.2, -0.15) is 0 Å². The van der Waals surface area contributed by atoms with Gasteiger partial charge in [0.25, 0.3) is 0 Å². The van der Waals surface area contributed by atoms with Gasteiger partial charge >= 0.3 is 0 Å². The third-order valence-corrected chi connectivity index (χ3v) is 3.29. The van der Waals surface area contributed by atoms with Gasteiger partial charge in [0.15, 0.2) is 0 Å². The topological polar surface area (TPSA) is 63.4 Å². The Balaban J connectivity index is 2.39. The van der Waals surface area contributed by atoms with Gasteiger partial charge in [-0.05, 0) is 40.5 Å². The summed E-state index contributed by atoms with van der Waals surface area (Å²) in [6, 6.07) is 5.19. The molecule has 1 heterocycles. The molecular formula is C11H11BrN2O2. The molecule has 0 aliphatic carbocycles. The van der Waals surface area contributed by atoms with E-state index in [1.165, 1.54) is 0 Å². The van der Waals surface area contributed by atoms with E-state index in [1.807, 2.05) is 0 Å². The molecule has 0 radical (unpaired) electrons. The van der Waals surface area contributed by atoms with Crippen LogP contribution in [-0.2, 0) is 4.79 Å². The van der Waals surface area contributed by atoms with E-state index in [0.29, 0.717) is 23.0 Å². The van der Waals surface area contributed by atoms with E-state index in [4.69, 9.17) is 5.73 Å². The quantitative estimate of drug-likeness (QED) is 0.897. The number of hydrogen-bond donors (Lipinski definition) is 1. The second-order valence-corrected chi connectivity index (χ2v) is 4.53. The first-order chi connectivity index (χ1) is 7.59. The van der Waals surface area contributed by atoms with Crippen molar-refractivity contribution in [1.29, 1.82) is 0 Å². The van der Waals surface area contributed by atoms with E-state index in [0.717, 1.165) is 12.1 Å². The summed E-state index contributed by atoms with van der Waals surface area (Å²) < 4.78 is 0.649. The fourth-order valence-corrected chi connectivity index (χ4v) is 2.23. The van der Waals surface area contributed by atoms with Gasteiger partial charge in [-0.1, -0.05) is 0 Å². The van der Waals surface area contributed by atoms with Crippen LogP contribution in [0.4, 0.5) is 5.69 Å². The second-order valence-electron chi connectivity index (χ2n) is 3.68. The number of amides is 2. The Bertz CT molecular complexity index is 459.